The maximum Gasteiger partial charge on any atom is 0.407 e. The van der Waals surface area contributed by atoms with E-state index in [0.29, 0.717) is 29.8 Å². The van der Waals surface area contributed by atoms with Crippen molar-refractivity contribution in [3.63, 3.8) is 0 Å². The van der Waals surface area contributed by atoms with Crippen LogP contribution in [0.3, 0.4) is 0 Å². The number of likely N-dealkylation sites (tertiary alicyclic amines) is 1. The third kappa shape index (κ3) is 29.1. The number of nitrogens with zero attached hydrogens (tertiary/aromatic N) is 2. The highest BCUT2D eigenvalue weighted by Gasteiger charge is 2.37. The van der Waals surface area contributed by atoms with Crippen LogP contribution in [0.25, 0.3) is 0 Å². The molecular formula is C54H86N12O18S. The molecule has 85 heavy (non-hydrogen) atoms. The molecule has 1 aromatic carbocycles. The lowest BCUT2D eigenvalue weighted by molar-refractivity contribution is -0.142. The summed E-state index contributed by atoms with van der Waals surface area (Å²) in [7, 11) is 2.89. The summed E-state index contributed by atoms with van der Waals surface area (Å²) < 4.78 is 15.4. The van der Waals surface area contributed by atoms with Gasteiger partial charge in [0.15, 0.2) is 0 Å². The summed E-state index contributed by atoms with van der Waals surface area (Å²) in [6.45, 7) is 8.18. The van der Waals surface area contributed by atoms with E-state index in [1.165, 1.54) is 37.7 Å². The Hall–Kier alpha value is -7.64. The highest BCUT2D eigenvalue weighted by Crippen LogP contribution is 2.19. The molecule has 30 nitrogen and oxygen atoms in total. The highest BCUT2D eigenvalue weighted by molar-refractivity contribution is 7.98. The van der Waals surface area contributed by atoms with E-state index in [1.54, 1.807) is 44.4 Å². The van der Waals surface area contributed by atoms with Crippen LogP contribution < -0.4 is 53.2 Å². The zero-order valence-electron chi connectivity index (χ0n) is 49.6. The van der Waals surface area contributed by atoms with Crippen molar-refractivity contribution in [3.8, 4) is 0 Å². The number of thioether (sulfide) groups is 1. The number of rotatable bonds is 41. The molecule has 0 bridgehead atoms. The number of nitrogens with one attached hydrogen (secondary N) is 10. The number of alkyl carbamates (subject to hydrolysis) is 1. The minimum Gasteiger partial charge on any atom is -0.481 e. The van der Waals surface area contributed by atoms with Gasteiger partial charge in [-0.15, -0.1) is 0 Å². The van der Waals surface area contributed by atoms with Crippen LogP contribution in [0.2, 0.25) is 0 Å². The third-order valence-electron chi connectivity index (χ3n) is 12.7. The average Bonchev–Trinajstić information content (AvgIpc) is 4.25. The van der Waals surface area contributed by atoms with Crippen molar-refractivity contribution < 1.29 is 86.8 Å². The van der Waals surface area contributed by atoms with Gasteiger partial charge in [-0.1, -0.05) is 43.3 Å². The van der Waals surface area contributed by atoms with E-state index in [4.69, 9.17) is 24.2 Å². The van der Waals surface area contributed by atoms with Gasteiger partial charge in [0.1, 0.15) is 56.1 Å². The van der Waals surface area contributed by atoms with Gasteiger partial charge in [0, 0.05) is 51.8 Å². The molecule has 7 atom stereocenters. The molecular weight excluding hydrogens is 1140 g/mol. The Morgan fingerprint density at radius 2 is 1.33 bits per heavy atom. The number of aliphatic carboxylic acids is 2. The summed E-state index contributed by atoms with van der Waals surface area (Å²) in [4.78, 5) is 161. The van der Waals surface area contributed by atoms with Crippen molar-refractivity contribution >= 4 is 88.7 Å². The standard InChI is InChI=1S/C54H86N12O18S/c1-9-56-47(73)34(5)60-52(78)41(31-85-8)61-43(67)29-59-49(75)39(27-32(2)3)64-53(79)42-11-10-22-66(42)44(68)30-82-23-20-57-48(74)40(63-51(77)38(17-19-46(71)72)62-50(76)37(55-6)16-18-45(69)70)28-35-12-14-36(15-13-35)33(4)65-84-24-21-58-54(80)83-26-25-81-7/h12-15,32,34,37-42,55H,9-11,16-31H2,1-8H3,(H,56,73)(H,57,74)(H,58,80)(H,59,75)(H,60,78)(H,61,67)(H,62,76)(H,63,77)(H,64,79)(H,69,70)(H,71,72)/b65-33+/t34-,37+,38+,39-,40-,41-,42-/m0/s1. The number of ether oxygens (including phenoxy) is 3. The number of methoxy groups -OCH3 is 1. The van der Waals surface area contributed by atoms with Gasteiger partial charge < -0.3 is 87.3 Å². The number of carboxylic acid groups (broad SMARTS) is 2. The SMILES string of the molecule is CCNC(=O)[C@H](C)NC(=O)[C@H](CSC)NC(=O)CNC(=O)[C@H](CC(C)C)NC(=O)[C@@H]1CCCN1C(=O)COCCNC(=O)[C@H](Cc1ccc(/C(C)=N/OCCNC(=O)OCCOC)cc1)NC(=O)[C@@H](CCC(=O)O)NC(=O)[C@@H](CCC(=O)O)NC. The van der Waals surface area contributed by atoms with Gasteiger partial charge in [-0.05, 0) is 83.2 Å². The van der Waals surface area contributed by atoms with Crippen molar-refractivity contribution in [2.24, 2.45) is 11.1 Å². The van der Waals surface area contributed by atoms with Crippen LogP contribution in [-0.2, 0) is 78.2 Å². The molecule has 0 aromatic heterocycles. The van der Waals surface area contributed by atoms with Crippen molar-refractivity contribution in [3.05, 3.63) is 35.4 Å². The van der Waals surface area contributed by atoms with Gasteiger partial charge >= 0.3 is 18.0 Å². The van der Waals surface area contributed by atoms with E-state index < -0.39 is 133 Å². The number of likely N-dealkylation sites (N-methyl/N-ethyl adjacent to an activating group) is 2. The van der Waals surface area contributed by atoms with Crippen LogP contribution in [0.4, 0.5) is 4.79 Å². The fourth-order valence-corrected chi connectivity index (χ4v) is 8.83. The summed E-state index contributed by atoms with van der Waals surface area (Å²) in [5.41, 5.74) is 1.62. The molecule has 0 spiro atoms. The zero-order chi connectivity index (χ0) is 63.4. The predicted molar refractivity (Wildman–Crippen MR) is 310 cm³/mol. The fourth-order valence-electron chi connectivity index (χ4n) is 8.26. The van der Waals surface area contributed by atoms with Gasteiger partial charge in [0.2, 0.25) is 53.2 Å². The molecule has 1 saturated heterocycles. The molecule has 12 N–H and O–H groups in total. The fraction of sp³-hybridized carbons (Fsp3) is 0.648. The van der Waals surface area contributed by atoms with Gasteiger partial charge in [0.05, 0.1) is 38.1 Å². The maximum atomic E-state index is 13.9. The topological polar surface area (TPSA) is 418 Å². The average molecular weight is 1220 g/mol. The first-order valence-electron chi connectivity index (χ1n) is 27.9. The van der Waals surface area contributed by atoms with E-state index >= 15 is 0 Å². The second kappa shape index (κ2) is 40.6. The van der Waals surface area contributed by atoms with Gasteiger partial charge in [-0.2, -0.15) is 11.8 Å². The van der Waals surface area contributed by atoms with Crippen molar-refractivity contribution in [2.45, 2.75) is 128 Å². The Morgan fingerprint density at radius 1 is 0.706 bits per heavy atom. The number of oxime groups is 1. The Bertz CT molecular complexity index is 2420. The number of carbonyl (C=O) groups excluding carboxylic acids is 10. The third-order valence-corrected chi connectivity index (χ3v) is 13.4. The Morgan fingerprint density at radius 3 is 1.95 bits per heavy atom. The van der Waals surface area contributed by atoms with Crippen LogP contribution in [-0.4, -0.2) is 226 Å². The smallest absolute Gasteiger partial charge is 0.407 e. The molecule has 1 heterocycles. The van der Waals surface area contributed by atoms with E-state index in [9.17, 15) is 62.6 Å². The molecule has 0 aliphatic carbocycles. The molecule has 0 saturated carbocycles. The second-order valence-corrected chi connectivity index (χ2v) is 20.9. The molecule has 0 radical (unpaired) electrons. The molecule has 1 fully saturated rings. The Labute approximate surface area is 498 Å². The summed E-state index contributed by atoms with van der Waals surface area (Å²) in [6, 6.07) is -1.10. The van der Waals surface area contributed by atoms with Crippen molar-refractivity contribution in [1.29, 1.82) is 0 Å². The van der Waals surface area contributed by atoms with Crippen LogP contribution in [0, 0.1) is 5.92 Å². The number of amides is 10. The summed E-state index contributed by atoms with van der Waals surface area (Å²) in [6.07, 6.45) is 0.407. The van der Waals surface area contributed by atoms with E-state index in [-0.39, 0.29) is 96.3 Å². The van der Waals surface area contributed by atoms with E-state index in [1.807, 2.05) is 13.8 Å². The highest BCUT2D eigenvalue weighted by atomic mass is 32.2. The normalized spacial score (nSPS) is 15.1. The minimum absolute atomic E-state index is 0.0289. The van der Waals surface area contributed by atoms with Crippen molar-refractivity contribution in [2.75, 3.05) is 91.9 Å². The molecule has 476 valence electrons. The van der Waals surface area contributed by atoms with Gasteiger partial charge in [-0.3, -0.25) is 52.7 Å². The van der Waals surface area contributed by atoms with Crippen LogP contribution in [0.1, 0.15) is 90.7 Å². The number of benzene rings is 1. The van der Waals surface area contributed by atoms with E-state index in [2.05, 4.69) is 58.3 Å². The lowest BCUT2D eigenvalue weighted by atomic mass is 10.0. The quantitative estimate of drug-likeness (QED) is 0.0190. The lowest BCUT2D eigenvalue weighted by Crippen LogP contribution is -2.56. The molecule has 2 rings (SSSR count). The van der Waals surface area contributed by atoms with Gasteiger partial charge in [0.25, 0.3) is 0 Å². The van der Waals surface area contributed by atoms with Crippen molar-refractivity contribution in [1.82, 2.24) is 58.1 Å². The van der Waals surface area contributed by atoms with Crippen LogP contribution in [0.15, 0.2) is 29.4 Å². The van der Waals surface area contributed by atoms with Gasteiger partial charge in [-0.25, -0.2) is 4.79 Å². The van der Waals surface area contributed by atoms with Crippen LogP contribution in [0.5, 0.6) is 0 Å². The first-order valence-corrected chi connectivity index (χ1v) is 29.3. The molecule has 10 amide bonds. The van der Waals surface area contributed by atoms with E-state index in [0.717, 1.165) is 0 Å². The minimum atomic E-state index is -1.47. The monoisotopic (exact) mass is 1220 g/mol. The number of carboxylic acids is 2. The first kappa shape index (κ1) is 73.5. The largest absolute Gasteiger partial charge is 0.481 e. The zero-order valence-corrected chi connectivity index (χ0v) is 50.4. The summed E-state index contributed by atoms with van der Waals surface area (Å²) >= 11 is 1.28. The molecule has 1 aliphatic rings. The number of hydrogen-bond acceptors (Lipinski definition) is 19. The van der Waals surface area contributed by atoms with Crippen LogP contribution >= 0.6 is 11.8 Å². The molecule has 1 aromatic rings. The predicted octanol–water partition coefficient (Wildman–Crippen LogP) is -2.11. The molecule has 31 heteroatoms. The summed E-state index contributed by atoms with van der Waals surface area (Å²) in [5.74, 6) is -8.27. The first-order chi connectivity index (χ1) is 40.4. The Kier molecular flexibility index (Phi) is 35.1. The number of hydrogen-bond donors (Lipinski definition) is 12. The number of carbonyl (C=O) groups is 12. The molecule has 1 aliphatic heterocycles. The second-order valence-electron chi connectivity index (χ2n) is 20.0. The maximum absolute atomic E-state index is 13.9. The Balaban J connectivity index is 2.15. The summed E-state index contributed by atoms with van der Waals surface area (Å²) in [5, 5.41) is 48.6. The molecule has 0 unspecified atom stereocenters. The lowest BCUT2D eigenvalue weighted by Gasteiger charge is -2.27.